The van der Waals surface area contributed by atoms with Crippen LogP contribution in [0, 0.1) is 23.7 Å². The maximum Gasteiger partial charge on any atom is 0.343 e. The molecule has 4 atom stereocenters. The Labute approximate surface area is 181 Å². The number of amides is 2. The number of anilines is 1. The number of allylic oxidation sites excluding steroid dienone is 2. The normalized spacial score (nSPS) is 26.5. The smallest absolute Gasteiger partial charge is 0.343 e. The zero-order valence-corrected chi connectivity index (χ0v) is 17.9. The second-order valence-electron chi connectivity index (χ2n) is 9.73. The summed E-state index contributed by atoms with van der Waals surface area (Å²) in [5, 5.41) is 0. The number of carbonyl (C=O) groups excluding carboxylic acids is 3. The van der Waals surface area contributed by atoms with Crippen molar-refractivity contribution >= 4 is 23.5 Å². The molecule has 2 aromatic carbocycles. The number of imide groups is 1. The Balaban J connectivity index is 1.35. The van der Waals surface area contributed by atoms with Crippen LogP contribution in [0.15, 0.2) is 60.7 Å². The minimum atomic E-state index is -0.522. The van der Waals surface area contributed by atoms with Gasteiger partial charge in [-0.2, -0.15) is 0 Å². The van der Waals surface area contributed by atoms with Crippen LogP contribution in [-0.4, -0.2) is 17.8 Å². The largest absolute Gasteiger partial charge is 0.423 e. The molecule has 0 spiro atoms. The molecule has 5 rings (SSSR count). The van der Waals surface area contributed by atoms with Crippen LogP contribution >= 0.6 is 0 Å². The van der Waals surface area contributed by atoms with Gasteiger partial charge in [-0.05, 0) is 59.6 Å². The molecular weight excluding hydrogens is 390 g/mol. The minimum Gasteiger partial charge on any atom is -0.423 e. The summed E-state index contributed by atoms with van der Waals surface area (Å²) < 4.78 is 5.52. The monoisotopic (exact) mass is 415 g/mol. The van der Waals surface area contributed by atoms with Gasteiger partial charge in [-0.3, -0.25) is 9.59 Å². The van der Waals surface area contributed by atoms with Crippen LogP contribution in [0.2, 0.25) is 0 Å². The molecule has 1 heterocycles. The third kappa shape index (κ3) is 3.19. The van der Waals surface area contributed by atoms with Crippen molar-refractivity contribution in [1.82, 2.24) is 0 Å². The summed E-state index contributed by atoms with van der Waals surface area (Å²) in [6.45, 7) is 6.36. The first-order chi connectivity index (χ1) is 14.7. The van der Waals surface area contributed by atoms with Gasteiger partial charge in [0.25, 0.3) is 0 Å². The number of fused-ring (bicyclic) bond motifs is 5. The summed E-state index contributed by atoms with van der Waals surface area (Å²) in [6, 6.07) is 14.0. The zero-order chi connectivity index (χ0) is 21.9. The second kappa shape index (κ2) is 6.91. The van der Waals surface area contributed by atoms with Crippen molar-refractivity contribution in [3.63, 3.8) is 0 Å². The van der Waals surface area contributed by atoms with Crippen molar-refractivity contribution < 1.29 is 19.1 Å². The molecule has 31 heavy (non-hydrogen) atoms. The van der Waals surface area contributed by atoms with Gasteiger partial charge < -0.3 is 4.74 Å². The van der Waals surface area contributed by atoms with Gasteiger partial charge in [0.1, 0.15) is 5.75 Å². The van der Waals surface area contributed by atoms with Crippen molar-refractivity contribution in [2.45, 2.75) is 32.6 Å². The highest BCUT2D eigenvalue weighted by Crippen LogP contribution is 2.53. The van der Waals surface area contributed by atoms with Gasteiger partial charge in [0.15, 0.2) is 0 Å². The summed E-state index contributed by atoms with van der Waals surface area (Å²) in [6.07, 6.45) is 5.03. The number of nitrogens with zero attached hydrogens (tertiary/aromatic N) is 1. The Bertz CT molecular complexity index is 1080. The molecule has 2 amide bonds. The highest BCUT2D eigenvalue weighted by Gasteiger charge is 2.59. The Hall–Kier alpha value is -3.21. The molecule has 2 bridgehead atoms. The fraction of sp³-hybridized carbons (Fsp3) is 0.346. The first-order valence-electron chi connectivity index (χ1n) is 10.7. The predicted octanol–water partition coefficient (Wildman–Crippen LogP) is 4.51. The highest BCUT2D eigenvalue weighted by atomic mass is 16.5. The van der Waals surface area contributed by atoms with E-state index in [1.54, 1.807) is 36.4 Å². The minimum absolute atomic E-state index is 0.0129. The van der Waals surface area contributed by atoms with Crippen molar-refractivity contribution in [2.75, 3.05) is 4.90 Å². The van der Waals surface area contributed by atoms with E-state index in [4.69, 9.17) is 4.74 Å². The van der Waals surface area contributed by atoms with Crippen LogP contribution in [-0.2, 0) is 15.0 Å². The van der Waals surface area contributed by atoms with Crippen molar-refractivity contribution in [1.29, 1.82) is 0 Å². The lowest BCUT2D eigenvalue weighted by molar-refractivity contribution is -0.123. The van der Waals surface area contributed by atoms with Crippen LogP contribution in [0.5, 0.6) is 5.75 Å². The number of benzene rings is 2. The molecule has 0 N–H and O–H groups in total. The van der Waals surface area contributed by atoms with Gasteiger partial charge in [-0.1, -0.05) is 51.1 Å². The van der Waals surface area contributed by atoms with Crippen LogP contribution in [0.4, 0.5) is 5.69 Å². The van der Waals surface area contributed by atoms with Crippen LogP contribution in [0.1, 0.15) is 43.1 Å². The summed E-state index contributed by atoms with van der Waals surface area (Å²) >= 11 is 0. The SMILES string of the molecule is CC(C)(C)c1ccc(OC(=O)c2cccc(N3C(=O)[C@@H]4[C@H](C3=O)[C@H]3C=C[C@@H]4C3)c2)cc1. The zero-order valence-electron chi connectivity index (χ0n) is 17.9. The fourth-order valence-corrected chi connectivity index (χ4v) is 5.12. The van der Waals surface area contributed by atoms with Gasteiger partial charge in [-0.25, -0.2) is 9.69 Å². The molecule has 5 nitrogen and oxygen atoms in total. The van der Waals surface area contributed by atoms with Crippen molar-refractivity contribution in [3.8, 4) is 5.75 Å². The molecule has 2 aromatic rings. The van der Waals surface area contributed by atoms with Crippen LogP contribution in [0.25, 0.3) is 0 Å². The lowest BCUT2D eigenvalue weighted by Crippen LogP contribution is -2.33. The number of ether oxygens (including phenoxy) is 1. The molecule has 0 radical (unpaired) electrons. The molecule has 1 saturated heterocycles. The maximum atomic E-state index is 13.0. The van der Waals surface area contributed by atoms with Gasteiger partial charge >= 0.3 is 5.97 Å². The third-order valence-electron chi connectivity index (χ3n) is 6.74. The van der Waals surface area contributed by atoms with Crippen molar-refractivity contribution in [3.05, 3.63) is 71.8 Å². The molecule has 2 fully saturated rings. The van der Waals surface area contributed by atoms with E-state index in [0.29, 0.717) is 17.0 Å². The Morgan fingerprint density at radius 1 is 0.935 bits per heavy atom. The van der Waals surface area contributed by atoms with Crippen LogP contribution < -0.4 is 9.64 Å². The van der Waals surface area contributed by atoms with E-state index in [0.717, 1.165) is 12.0 Å². The third-order valence-corrected chi connectivity index (χ3v) is 6.74. The number of esters is 1. The number of hydrogen-bond donors (Lipinski definition) is 0. The molecular formula is C26H25NO4. The standard InChI is InChI=1S/C26H25NO4/c1-26(2,3)18-9-11-20(12-10-18)31-25(30)17-5-4-6-19(14-17)27-23(28)21-15-7-8-16(13-15)22(21)24(27)29/h4-12,14-16,21-22H,13H2,1-3H3/t15-,16+,21+,22-. The van der Waals surface area contributed by atoms with Crippen molar-refractivity contribution in [2.24, 2.45) is 23.7 Å². The van der Waals surface area contributed by atoms with E-state index in [9.17, 15) is 14.4 Å². The van der Waals surface area contributed by atoms with E-state index in [1.165, 1.54) is 4.90 Å². The molecule has 3 aliphatic rings. The average Bonchev–Trinajstić information content (AvgIpc) is 3.41. The highest BCUT2D eigenvalue weighted by molar-refractivity contribution is 6.23. The average molecular weight is 415 g/mol. The lowest BCUT2D eigenvalue weighted by Gasteiger charge is -2.19. The first-order valence-corrected chi connectivity index (χ1v) is 10.7. The topological polar surface area (TPSA) is 63.7 Å². The molecule has 5 heteroatoms. The Morgan fingerprint density at radius 3 is 2.13 bits per heavy atom. The van der Waals surface area contributed by atoms with E-state index in [-0.39, 0.29) is 40.9 Å². The maximum absolute atomic E-state index is 13.0. The summed E-state index contributed by atoms with van der Waals surface area (Å²) in [5.41, 5.74) is 1.89. The number of hydrogen-bond acceptors (Lipinski definition) is 4. The second-order valence-corrected chi connectivity index (χ2v) is 9.73. The van der Waals surface area contributed by atoms with Gasteiger partial charge in [0.05, 0.1) is 23.1 Å². The van der Waals surface area contributed by atoms with E-state index in [2.05, 4.69) is 32.9 Å². The lowest BCUT2D eigenvalue weighted by atomic mass is 9.85. The van der Waals surface area contributed by atoms with Gasteiger partial charge in [0.2, 0.25) is 11.8 Å². The first kappa shape index (κ1) is 19.7. The van der Waals surface area contributed by atoms with E-state index in [1.807, 2.05) is 12.1 Å². The quantitative estimate of drug-likeness (QED) is 0.320. The van der Waals surface area contributed by atoms with Gasteiger partial charge in [-0.15, -0.1) is 0 Å². The predicted molar refractivity (Wildman–Crippen MR) is 117 cm³/mol. The molecule has 158 valence electrons. The molecule has 0 unspecified atom stereocenters. The molecule has 1 aliphatic heterocycles. The summed E-state index contributed by atoms with van der Waals surface area (Å²) in [4.78, 5) is 40.0. The van der Waals surface area contributed by atoms with E-state index < -0.39 is 5.97 Å². The summed E-state index contributed by atoms with van der Waals surface area (Å²) in [5.74, 6) is -0.606. The molecule has 2 aliphatic carbocycles. The Morgan fingerprint density at radius 2 is 1.55 bits per heavy atom. The van der Waals surface area contributed by atoms with Crippen LogP contribution in [0.3, 0.4) is 0 Å². The summed E-state index contributed by atoms with van der Waals surface area (Å²) in [7, 11) is 0. The van der Waals surface area contributed by atoms with Gasteiger partial charge in [0, 0.05) is 0 Å². The fourth-order valence-electron chi connectivity index (χ4n) is 5.12. The Kier molecular flexibility index (Phi) is 4.40. The number of rotatable bonds is 3. The molecule has 1 saturated carbocycles. The molecule has 0 aromatic heterocycles. The van der Waals surface area contributed by atoms with E-state index >= 15 is 0 Å². The number of carbonyl (C=O) groups is 3.